The van der Waals surface area contributed by atoms with Gasteiger partial charge in [0.2, 0.25) is 5.91 Å². The zero-order valence-electron chi connectivity index (χ0n) is 11.8. The predicted molar refractivity (Wildman–Crippen MR) is 79.6 cm³/mol. The molecular weight excluding hydrogens is 260 g/mol. The van der Waals surface area contributed by atoms with Gasteiger partial charge in [0.25, 0.3) is 0 Å². The number of nitrogens with zero attached hydrogens (tertiary/aromatic N) is 1. The average molecular weight is 287 g/mol. The fourth-order valence-electron chi connectivity index (χ4n) is 4.02. The van der Waals surface area contributed by atoms with Gasteiger partial charge >= 0.3 is 0 Å². The molecule has 0 bridgehead atoms. The van der Waals surface area contributed by atoms with Gasteiger partial charge in [-0.1, -0.05) is 25.7 Å². The molecule has 2 aliphatic heterocycles. The molecule has 3 atom stereocenters. The van der Waals surface area contributed by atoms with E-state index < -0.39 is 0 Å². The Labute approximate surface area is 122 Å². The van der Waals surface area contributed by atoms with Gasteiger partial charge in [0.15, 0.2) is 0 Å². The standard InChI is InChI=1S/C15H26N2O.ClH/c18-15(17-9-5-1-2-6-10-17)14-11-12-7-3-4-8-13(12)16-14;/h12-14,16H,1-11H2;1H. The molecule has 3 aliphatic rings. The van der Waals surface area contributed by atoms with Crippen molar-refractivity contribution < 1.29 is 4.79 Å². The van der Waals surface area contributed by atoms with E-state index >= 15 is 0 Å². The Morgan fingerprint density at radius 1 is 0.947 bits per heavy atom. The normalized spacial score (nSPS) is 35.2. The molecule has 0 radical (unpaired) electrons. The van der Waals surface area contributed by atoms with Gasteiger partial charge in [0.05, 0.1) is 6.04 Å². The van der Waals surface area contributed by atoms with E-state index in [-0.39, 0.29) is 18.4 Å². The zero-order valence-corrected chi connectivity index (χ0v) is 12.6. The lowest BCUT2D eigenvalue weighted by molar-refractivity contribution is -0.133. The fraction of sp³-hybridized carbons (Fsp3) is 0.933. The molecule has 4 heteroatoms. The lowest BCUT2D eigenvalue weighted by Crippen LogP contribution is -2.45. The minimum atomic E-state index is 0. The molecule has 0 aromatic heterocycles. The summed E-state index contributed by atoms with van der Waals surface area (Å²) in [6, 6.07) is 0.774. The maximum Gasteiger partial charge on any atom is 0.239 e. The van der Waals surface area contributed by atoms with Crippen molar-refractivity contribution in [3.05, 3.63) is 0 Å². The molecule has 3 fully saturated rings. The van der Waals surface area contributed by atoms with Gasteiger partial charge in [-0.05, 0) is 38.0 Å². The third-order valence-electron chi connectivity index (χ3n) is 5.08. The van der Waals surface area contributed by atoms with E-state index in [1.807, 2.05) is 0 Å². The number of carbonyl (C=O) groups is 1. The average Bonchev–Trinajstić information content (AvgIpc) is 2.64. The van der Waals surface area contributed by atoms with Crippen molar-refractivity contribution in [3.63, 3.8) is 0 Å². The largest absolute Gasteiger partial charge is 0.341 e. The summed E-state index contributed by atoms with van der Waals surface area (Å²) in [5.74, 6) is 1.17. The molecule has 1 aliphatic carbocycles. The van der Waals surface area contributed by atoms with Crippen LogP contribution in [-0.4, -0.2) is 36.0 Å². The highest BCUT2D eigenvalue weighted by Crippen LogP contribution is 2.33. The summed E-state index contributed by atoms with van der Waals surface area (Å²) in [4.78, 5) is 14.7. The third-order valence-corrected chi connectivity index (χ3v) is 5.08. The first kappa shape index (κ1) is 15.1. The molecule has 0 spiro atoms. The minimum Gasteiger partial charge on any atom is -0.341 e. The number of carbonyl (C=O) groups excluding carboxylic acids is 1. The van der Waals surface area contributed by atoms with E-state index in [0.29, 0.717) is 11.9 Å². The van der Waals surface area contributed by atoms with Crippen LogP contribution in [0.1, 0.15) is 57.8 Å². The van der Waals surface area contributed by atoms with Gasteiger partial charge in [0.1, 0.15) is 0 Å². The predicted octanol–water partition coefficient (Wildman–Crippen LogP) is 2.73. The third kappa shape index (κ3) is 3.43. The number of halogens is 1. The lowest BCUT2D eigenvalue weighted by atomic mass is 9.85. The Kier molecular flexibility index (Phi) is 5.52. The Morgan fingerprint density at radius 3 is 2.32 bits per heavy atom. The first-order chi connectivity index (χ1) is 8.84. The van der Waals surface area contributed by atoms with Crippen molar-refractivity contribution in [1.82, 2.24) is 10.2 Å². The van der Waals surface area contributed by atoms with Gasteiger partial charge in [0, 0.05) is 19.1 Å². The zero-order chi connectivity index (χ0) is 12.4. The maximum atomic E-state index is 12.6. The van der Waals surface area contributed by atoms with Crippen molar-refractivity contribution >= 4 is 18.3 Å². The van der Waals surface area contributed by atoms with Crippen molar-refractivity contribution in [3.8, 4) is 0 Å². The molecule has 3 unspecified atom stereocenters. The van der Waals surface area contributed by atoms with Crippen molar-refractivity contribution in [1.29, 1.82) is 0 Å². The van der Waals surface area contributed by atoms with Crippen LogP contribution in [-0.2, 0) is 4.79 Å². The molecule has 1 saturated carbocycles. The van der Waals surface area contributed by atoms with Crippen LogP contribution >= 0.6 is 12.4 Å². The first-order valence-corrected chi connectivity index (χ1v) is 7.89. The van der Waals surface area contributed by atoms with Gasteiger partial charge in [-0.15, -0.1) is 12.4 Å². The Hall–Kier alpha value is -0.280. The number of nitrogens with one attached hydrogen (secondary N) is 1. The summed E-state index contributed by atoms with van der Waals surface area (Å²) in [5.41, 5.74) is 0. The second kappa shape index (κ2) is 6.94. The molecule has 110 valence electrons. The van der Waals surface area contributed by atoms with Gasteiger partial charge in [-0.25, -0.2) is 0 Å². The smallest absolute Gasteiger partial charge is 0.239 e. The summed E-state index contributed by atoms with van der Waals surface area (Å²) in [6.07, 6.45) is 11.4. The van der Waals surface area contributed by atoms with E-state index in [1.54, 1.807) is 0 Å². The van der Waals surface area contributed by atoms with Crippen LogP contribution in [0.2, 0.25) is 0 Å². The maximum absolute atomic E-state index is 12.6. The quantitative estimate of drug-likeness (QED) is 0.804. The van der Waals surface area contributed by atoms with E-state index in [2.05, 4.69) is 10.2 Å². The van der Waals surface area contributed by atoms with Crippen molar-refractivity contribution in [2.45, 2.75) is 69.9 Å². The second-order valence-electron chi connectivity index (χ2n) is 6.35. The molecule has 3 rings (SSSR count). The van der Waals surface area contributed by atoms with Crippen LogP contribution < -0.4 is 5.32 Å². The highest BCUT2D eigenvalue weighted by Gasteiger charge is 2.39. The van der Waals surface area contributed by atoms with E-state index in [9.17, 15) is 4.79 Å². The van der Waals surface area contributed by atoms with Crippen LogP contribution in [0.5, 0.6) is 0 Å². The van der Waals surface area contributed by atoms with Crippen LogP contribution in [0, 0.1) is 5.92 Å². The second-order valence-corrected chi connectivity index (χ2v) is 6.35. The first-order valence-electron chi connectivity index (χ1n) is 7.89. The minimum absolute atomic E-state index is 0. The van der Waals surface area contributed by atoms with E-state index in [1.165, 1.54) is 51.4 Å². The summed E-state index contributed by atoms with van der Waals surface area (Å²) in [5, 5.41) is 3.62. The number of hydrogen-bond donors (Lipinski definition) is 1. The summed E-state index contributed by atoms with van der Waals surface area (Å²) >= 11 is 0. The monoisotopic (exact) mass is 286 g/mol. The molecule has 0 aromatic carbocycles. The highest BCUT2D eigenvalue weighted by molar-refractivity contribution is 5.85. The van der Waals surface area contributed by atoms with Crippen LogP contribution in [0.25, 0.3) is 0 Å². The SMILES string of the molecule is Cl.O=C(C1CC2CCCCC2N1)N1CCCCCC1. The van der Waals surface area contributed by atoms with Gasteiger partial charge in [-0.3, -0.25) is 4.79 Å². The highest BCUT2D eigenvalue weighted by atomic mass is 35.5. The molecule has 0 aromatic rings. The molecule has 1 N–H and O–H groups in total. The number of likely N-dealkylation sites (tertiary alicyclic amines) is 1. The lowest BCUT2D eigenvalue weighted by Gasteiger charge is -2.25. The Morgan fingerprint density at radius 2 is 1.63 bits per heavy atom. The number of fused-ring (bicyclic) bond motifs is 1. The molecular formula is C15H27ClN2O. The van der Waals surface area contributed by atoms with Crippen molar-refractivity contribution in [2.75, 3.05) is 13.1 Å². The Bertz CT molecular complexity index is 289. The molecule has 1 amide bonds. The van der Waals surface area contributed by atoms with Gasteiger partial charge < -0.3 is 10.2 Å². The topological polar surface area (TPSA) is 32.3 Å². The fourth-order valence-corrected chi connectivity index (χ4v) is 4.02. The van der Waals surface area contributed by atoms with Gasteiger partial charge in [-0.2, -0.15) is 0 Å². The summed E-state index contributed by atoms with van der Waals surface area (Å²) < 4.78 is 0. The molecule has 19 heavy (non-hydrogen) atoms. The summed E-state index contributed by atoms with van der Waals surface area (Å²) in [7, 11) is 0. The molecule has 2 heterocycles. The number of amides is 1. The van der Waals surface area contributed by atoms with Crippen molar-refractivity contribution in [2.24, 2.45) is 5.92 Å². The molecule has 3 nitrogen and oxygen atoms in total. The van der Waals surface area contributed by atoms with E-state index in [0.717, 1.165) is 25.4 Å². The molecule has 2 saturated heterocycles. The van der Waals surface area contributed by atoms with Crippen LogP contribution in [0.3, 0.4) is 0 Å². The van der Waals surface area contributed by atoms with Crippen LogP contribution in [0.4, 0.5) is 0 Å². The Balaban J connectivity index is 0.00000133. The summed E-state index contributed by atoms with van der Waals surface area (Å²) in [6.45, 7) is 1.98. The number of rotatable bonds is 1. The number of hydrogen-bond acceptors (Lipinski definition) is 2. The van der Waals surface area contributed by atoms with E-state index in [4.69, 9.17) is 0 Å². The van der Waals surface area contributed by atoms with Crippen LogP contribution in [0.15, 0.2) is 0 Å².